The summed E-state index contributed by atoms with van der Waals surface area (Å²) < 4.78 is 7.64. The van der Waals surface area contributed by atoms with Crippen molar-refractivity contribution in [2.24, 2.45) is 5.92 Å². The van der Waals surface area contributed by atoms with Crippen LogP contribution in [0.5, 0.6) is 0 Å². The van der Waals surface area contributed by atoms with Gasteiger partial charge in [0.1, 0.15) is 0 Å². The average molecular weight is 251 g/mol. The fraction of sp³-hybridized carbons (Fsp3) is 0.786. The maximum absolute atomic E-state index is 5.33. The summed E-state index contributed by atoms with van der Waals surface area (Å²) in [4.78, 5) is 4.41. The van der Waals surface area contributed by atoms with E-state index in [1.807, 2.05) is 13.1 Å². The number of rotatable bonds is 7. The Hall–Kier alpha value is -1.03. The van der Waals surface area contributed by atoms with Crippen LogP contribution in [0.4, 0.5) is 5.95 Å². The molecule has 1 aromatic rings. The molecule has 4 nitrogen and oxygen atoms in total. The molecule has 4 heteroatoms. The van der Waals surface area contributed by atoms with Crippen molar-refractivity contribution < 1.29 is 4.74 Å². The number of hydrogen-bond acceptors (Lipinski definition) is 3. The Bertz CT molecular complexity index is 351. The normalized spacial score (nSPS) is 23.4. The van der Waals surface area contributed by atoms with Gasteiger partial charge in [-0.3, -0.25) is 0 Å². The van der Waals surface area contributed by atoms with Crippen molar-refractivity contribution in [2.75, 3.05) is 25.1 Å². The Morgan fingerprint density at radius 3 is 3.11 bits per heavy atom. The molecule has 2 rings (SSSR count). The van der Waals surface area contributed by atoms with Crippen molar-refractivity contribution in [3.63, 3.8) is 0 Å². The van der Waals surface area contributed by atoms with Gasteiger partial charge in [-0.2, -0.15) is 0 Å². The van der Waals surface area contributed by atoms with E-state index in [0.717, 1.165) is 38.0 Å². The molecule has 0 bridgehead atoms. The molecule has 18 heavy (non-hydrogen) atoms. The zero-order valence-electron chi connectivity index (χ0n) is 11.6. The van der Waals surface area contributed by atoms with Crippen LogP contribution < -0.4 is 5.32 Å². The Morgan fingerprint density at radius 1 is 1.50 bits per heavy atom. The van der Waals surface area contributed by atoms with Crippen LogP contribution in [-0.2, 0) is 4.74 Å². The lowest BCUT2D eigenvalue weighted by Crippen LogP contribution is -2.13. The Morgan fingerprint density at radius 2 is 2.39 bits per heavy atom. The number of imidazole rings is 1. The van der Waals surface area contributed by atoms with Crippen LogP contribution >= 0.6 is 0 Å². The van der Waals surface area contributed by atoms with Crippen LogP contribution in [0.1, 0.15) is 45.6 Å². The van der Waals surface area contributed by atoms with Crippen LogP contribution in [0.2, 0.25) is 0 Å². The standard InChI is InChI=1S/C14H25N3O/c1-3-18-10-4-7-15-14-16-8-9-17(14)13-6-5-12(2)11-13/h8-9,12-13H,3-7,10-11H2,1-2H3,(H,15,16). The van der Waals surface area contributed by atoms with Crippen molar-refractivity contribution in [1.82, 2.24) is 9.55 Å². The lowest BCUT2D eigenvalue weighted by atomic mass is 10.1. The molecular formula is C14H25N3O. The van der Waals surface area contributed by atoms with Gasteiger partial charge in [0, 0.05) is 38.2 Å². The van der Waals surface area contributed by atoms with Gasteiger partial charge in [0.25, 0.3) is 0 Å². The van der Waals surface area contributed by atoms with Gasteiger partial charge in [-0.15, -0.1) is 0 Å². The predicted molar refractivity (Wildman–Crippen MR) is 73.9 cm³/mol. The first-order valence-corrected chi connectivity index (χ1v) is 7.15. The largest absolute Gasteiger partial charge is 0.382 e. The maximum atomic E-state index is 5.33. The Balaban J connectivity index is 1.80. The van der Waals surface area contributed by atoms with E-state index in [-0.39, 0.29) is 0 Å². The van der Waals surface area contributed by atoms with Gasteiger partial charge in [0.05, 0.1) is 0 Å². The summed E-state index contributed by atoms with van der Waals surface area (Å²) in [6.45, 7) is 6.92. The van der Waals surface area contributed by atoms with E-state index >= 15 is 0 Å². The lowest BCUT2D eigenvalue weighted by molar-refractivity contribution is 0.147. The molecule has 1 heterocycles. The highest BCUT2D eigenvalue weighted by atomic mass is 16.5. The van der Waals surface area contributed by atoms with E-state index < -0.39 is 0 Å². The first-order valence-electron chi connectivity index (χ1n) is 7.15. The summed E-state index contributed by atoms with van der Waals surface area (Å²) in [5.74, 6) is 1.87. The summed E-state index contributed by atoms with van der Waals surface area (Å²) in [5, 5.41) is 3.42. The molecule has 2 atom stereocenters. The first kappa shape index (κ1) is 13.4. The third kappa shape index (κ3) is 3.48. The van der Waals surface area contributed by atoms with Gasteiger partial charge in [-0.05, 0) is 38.5 Å². The monoisotopic (exact) mass is 251 g/mol. The second-order valence-electron chi connectivity index (χ2n) is 5.21. The van der Waals surface area contributed by atoms with Crippen LogP contribution in [-0.4, -0.2) is 29.3 Å². The maximum Gasteiger partial charge on any atom is 0.203 e. The summed E-state index contributed by atoms with van der Waals surface area (Å²) in [6, 6.07) is 0.636. The summed E-state index contributed by atoms with van der Waals surface area (Å²) in [7, 11) is 0. The van der Waals surface area contributed by atoms with Crippen LogP contribution in [0.3, 0.4) is 0 Å². The van der Waals surface area contributed by atoms with Gasteiger partial charge < -0.3 is 14.6 Å². The van der Waals surface area contributed by atoms with Gasteiger partial charge >= 0.3 is 0 Å². The molecule has 1 N–H and O–H groups in total. The molecule has 0 saturated heterocycles. The molecule has 0 amide bonds. The molecule has 0 aliphatic heterocycles. The minimum absolute atomic E-state index is 0.636. The van der Waals surface area contributed by atoms with E-state index in [9.17, 15) is 0 Å². The summed E-state index contributed by atoms with van der Waals surface area (Å²) in [5.41, 5.74) is 0. The highest BCUT2D eigenvalue weighted by molar-refractivity contribution is 5.26. The molecule has 2 unspecified atom stereocenters. The molecule has 102 valence electrons. The highest BCUT2D eigenvalue weighted by Crippen LogP contribution is 2.35. The topological polar surface area (TPSA) is 39.1 Å². The average Bonchev–Trinajstić information content (AvgIpc) is 2.97. The fourth-order valence-corrected chi connectivity index (χ4v) is 2.69. The summed E-state index contributed by atoms with van der Waals surface area (Å²) >= 11 is 0. The number of ether oxygens (including phenoxy) is 1. The number of aromatic nitrogens is 2. The quantitative estimate of drug-likeness (QED) is 0.757. The Labute approximate surface area is 110 Å². The molecule has 0 aromatic carbocycles. The molecule has 1 aromatic heterocycles. The van der Waals surface area contributed by atoms with Crippen molar-refractivity contribution in [3.8, 4) is 0 Å². The van der Waals surface area contributed by atoms with Crippen LogP contribution in [0.15, 0.2) is 12.4 Å². The molecule has 0 spiro atoms. The second kappa shape index (κ2) is 6.78. The first-order chi connectivity index (χ1) is 8.81. The molecular weight excluding hydrogens is 226 g/mol. The number of nitrogens with zero attached hydrogens (tertiary/aromatic N) is 2. The van der Waals surface area contributed by atoms with E-state index in [1.165, 1.54) is 19.3 Å². The van der Waals surface area contributed by atoms with Crippen molar-refractivity contribution in [3.05, 3.63) is 12.4 Å². The molecule has 1 saturated carbocycles. The fourth-order valence-electron chi connectivity index (χ4n) is 2.69. The number of hydrogen-bond donors (Lipinski definition) is 1. The second-order valence-corrected chi connectivity index (χ2v) is 5.21. The SMILES string of the molecule is CCOCCCNc1nccn1C1CCC(C)C1. The third-order valence-electron chi connectivity index (χ3n) is 3.68. The van der Waals surface area contributed by atoms with Crippen molar-refractivity contribution in [1.29, 1.82) is 0 Å². The summed E-state index contributed by atoms with van der Waals surface area (Å²) in [6.07, 6.45) is 8.94. The van der Waals surface area contributed by atoms with Gasteiger partial charge in [0.15, 0.2) is 0 Å². The molecule has 1 aliphatic carbocycles. The van der Waals surface area contributed by atoms with E-state index in [4.69, 9.17) is 4.74 Å². The van der Waals surface area contributed by atoms with Crippen LogP contribution in [0.25, 0.3) is 0 Å². The van der Waals surface area contributed by atoms with E-state index in [2.05, 4.69) is 28.0 Å². The highest BCUT2D eigenvalue weighted by Gasteiger charge is 2.24. The minimum Gasteiger partial charge on any atom is -0.382 e. The number of nitrogens with one attached hydrogen (secondary N) is 1. The molecule has 0 radical (unpaired) electrons. The predicted octanol–water partition coefficient (Wildman–Crippen LogP) is 3.08. The van der Waals surface area contributed by atoms with E-state index in [0.29, 0.717) is 6.04 Å². The van der Waals surface area contributed by atoms with Crippen molar-refractivity contribution >= 4 is 5.95 Å². The van der Waals surface area contributed by atoms with Crippen LogP contribution in [0, 0.1) is 5.92 Å². The molecule has 1 aliphatic rings. The minimum atomic E-state index is 0.636. The van der Waals surface area contributed by atoms with Crippen molar-refractivity contribution in [2.45, 2.75) is 45.6 Å². The zero-order valence-corrected chi connectivity index (χ0v) is 11.6. The lowest BCUT2D eigenvalue weighted by Gasteiger charge is -2.16. The van der Waals surface area contributed by atoms with E-state index in [1.54, 1.807) is 0 Å². The molecule has 1 fully saturated rings. The third-order valence-corrected chi connectivity index (χ3v) is 3.68. The zero-order chi connectivity index (χ0) is 12.8. The Kier molecular flexibility index (Phi) is 5.05. The van der Waals surface area contributed by atoms with Gasteiger partial charge in [0.2, 0.25) is 5.95 Å². The van der Waals surface area contributed by atoms with Gasteiger partial charge in [-0.25, -0.2) is 4.98 Å². The number of anilines is 1. The smallest absolute Gasteiger partial charge is 0.203 e. The van der Waals surface area contributed by atoms with Gasteiger partial charge in [-0.1, -0.05) is 6.92 Å².